The Bertz CT molecular complexity index is 652. The molecule has 0 fully saturated rings. The van der Waals surface area contributed by atoms with Crippen molar-refractivity contribution in [2.45, 2.75) is 11.5 Å². The van der Waals surface area contributed by atoms with Crippen molar-refractivity contribution in [3.8, 4) is 6.07 Å². The van der Waals surface area contributed by atoms with E-state index in [2.05, 4.69) is 10.1 Å². The average Bonchev–Trinajstić information content (AvgIpc) is 2.25. The van der Waals surface area contributed by atoms with Gasteiger partial charge >= 0.3 is 0 Å². The van der Waals surface area contributed by atoms with Crippen LogP contribution >= 0.6 is 0 Å². The number of nitrogens with zero attached hydrogens (tertiary/aromatic N) is 3. The number of alkyl halides is 2. The van der Waals surface area contributed by atoms with Crippen LogP contribution in [0.1, 0.15) is 17.6 Å². The fourth-order valence-electron chi connectivity index (χ4n) is 1.19. The lowest BCUT2D eigenvalue weighted by atomic mass is 10.1. The first kappa shape index (κ1) is 13.9. The van der Waals surface area contributed by atoms with Gasteiger partial charge in [0.1, 0.15) is 23.4 Å². The van der Waals surface area contributed by atoms with E-state index in [9.17, 15) is 27.3 Å². The summed E-state index contributed by atoms with van der Waals surface area (Å²) in [6.07, 6.45) is -3.09. The molecule has 1 rings (SSSR count). The van der Waals surface area contributed by atoms with E-state index in [4.69, 9.17) is 5.26 Å². The van der Waals surface area contributed by atoms with Gasteiger partial charge in [-0.3, -0.25) is 10.1 Å². The second-order valence-corrected chi connectivity index (χ2v) is 4.43. The summed E-state index contributed by atoms with van der Waals surface area (Å²) in [4.78, 5) is 12.4. The quantitative estimate of drug-likeness (QED) is 0.628. The van der Waals surface area contributed by atoms with Crippen molar-refractivity contribution in [2.75, 3.05) is 0 Å². The standard InChI is InChI=1S/C7H4F2N4O4S/c8-6(9)5-3(1-10)7(18(11,16)17)12-2-4(5)13(14)15/h2,6H,(H2,11,16,17). The first-order chi connectivity index (χ1) is 8.20. The molecule has 0 saturated carbocycles. The number of primary sulfonamides is 1. The highest BCUT2D eigenvalue weighted by Crippen LogP contribution is 2.33. The summed E-state index contributed by atoms with van der Waals surface area (Å²) in [7, 11) is -4.53. The highest BCUT2D eigenvalue weighted by atomic mass is 32.2. The minimum absolute atomic E-state index is 0.322. The van der Waals surface area contributed by atoms with Gasteiger partial charge in [0.15, 0.2) is 5.03 Å². The van der Waals surface area contributed by atoms with E-state index >= 15 is 0 Å². The minimum Gasteiger partial charge on any atom is -0.258 e. The molecule has 1 aromatic rings. The van der Waals surface area contributed by atoms with Gasteiger partial charge < -0.3 is 0 Å². The van der Waals surface area contributed by atoms with Crippen LogP contribution in [0.5, 0.6) is 0 Å². The van der Waals surface area contributed by atoms with Crippen molar-refractivity contribution in [2.24, 2.45) is 5.14 Å². The lowest BCUT2D eigenvalue weighted by Gasteiger charge is -2.06. The van der Waals surface area contributed by atoms with Gasteiger partial charge in [0.25, 0.3) is 22.1 Å². The molecule has 0 atom stereocenters. The second kappa shape index (κ2) is 4.59. The number of nitrogens with two attached hydrogens (primary N) is 1. The van der Waals surface area contributed by atoms with E-state index < -0.39 is 43.2 Å². The van der Waals surface area contributed by atoms with E-state index in [1.807, 2.05) is 0 Å². The molecule has 0 saturated heterocycles. The largest absolute Gasteiger partial charge is 0.297 e. The predicted molar refractivity (Wildman–Crippen MR) is 51.9 cm³/mol. The monoisotopic (exact) mass is 278 g/mol. The second-order valence-electron chi connectivity index (χ2n) is 2.95. The number of nitriles is 1. The van der Waals surface area contributed by atoms with Crippen molar-refractivity contribution in [3.63, 3.8) is 0 Å². The molecule has 2 N–H and O–H groups in total. The first-order valence-corrected chi connectivity index (χ1v) is 5.63. The Hall–Kier alpha value is -2.19. The zero-order valence-corrected chi connectivity index (χ0v) is 9.19. The first-order valence-electron chi connectivity index (χ1n) is 4.08. The van der Waals surface area contributed by atoms with Crippen LogP contribution in [0, 0.1) is 21.4 Å². The highest BCUT2D eigenvalue weighted by Gasteiger charge is 2.32. The highest BCUT2D eigenvalue weighted by molar-refractivity contribution is 7.89. The zero-order chi connectivity index (χ0) is 14.1. The molecule has 0 bridgehead atoms. The number of hydrogen-bond acceptors (Lipinski definition) is 6. The van der Waals surface area contributed by atoms with Crippen LogP contribution in [0.25, 0.3) is 0 Å². The van der Waals surface area contributed by atoms with Gasteiger partial charge in [0.05, 0.1) is 4.92 Å². The van der Waals surface area contributed by atoms with E-state index in [1.54, 1.807) is 0 Å². The number of pyridine rings is 1. The smallest absolute Gasteiger partial charge is 0.258 e. The zero-order valence-electron chi connectivity index (χ0n) is 8.37. The molecule has 0 aliphatic rings. The van der Waals surface area contributed by atoms with Crippen LogP contribution in [0.4, 0.5) is 14.5 Å². The molecule has 18 heavy (non-hydrogen) atoms. The molecule has 0 aliphatic carbocycles. The van der Waals surface area contributed by atoms with Gasteiger partial charge in [-0.25, -0.2) is 27.3 Å². The number of rotatable bonds is 3. The van der Waals surface area contributed by atoms with Gasteiger partial charge in [-0.05, 0) is 0 Å². The average molecular weight is 278 g/mol. The lowest BCUT2D eigenvalue weighted by Crippen LogP contribution is -2.17. The van der Waals surface area contributed by atoms with Crippen LogP contribution in [0.3, 0.4) is 0 Å². The minimum atomic E-state index is -4.53. The number of sulfonamides is 1. The molecule has 0 radical (unpaired) electrons. The summed E-state index contributed by atoms with van der Waals surface area (Å²) in [5.41, 5.74) is -3.59. The third kappa shape index (κ3) is 2.39. The number of halogens is 2. The van der Waals surface area contributed by atoms with E-state index in [0.717, 1.165) is 6.07 Å². The maximum atomic E-state index is 12.7. The van der Waals surface area contributed by atoms with Crippen LogP contribution in [-0.4, -0.2) is 18.3 Å². The number of hydrogen-bond donors (Lipinski definition) is 1. The van der Waals surface area contributed by atoms with Crippen LogP contribution in [0.2, 0.25) is 0 Å². The molecular formula is C7H4F2N4O4S. The van der Waals surface area contributed by atoms with Crippen molar-refractivity contribution < 1.29 is 22.1 Å². The van der Waals surface area contributed by atoms with Gasteiger partial charge in [0, 0.05) is 0 Å². The van der Waals surface area contributed by atoms with Crippen molar-refractivity contribution in [1.82, 2.24) is 4.98 Å². The molecule has 0 aliphatic heterocycles. The normalized spacial score (nSPS) is 11.3. The van der Waals surface area contributed by atoms with Crippen molar-refractivity contribution in [1.29, 1.82) is 5.26 Å². The van der Waals surface area contributed by atoms with Gasteiger partial charge in [-0.2, -0.15) is 5.26 Å². The Kier molecular flexibility index (Phi) is 3.54. The number of aromatic nitrogens is 1. The molecule has 96 valence electrons. The Morgan fingerprint density at radius 2 is 2.11 bits per heavy atom. The van der Waals surface area contributed by atoms with Crippen molar-refractivity contribution >= 4 is 15.7 Å². The molecule has 0 amide bonds. The Morgan fingerprint density at radius 1 is 1.56 bits per heavy atom. The summed E-state index contributed by atoms with van der Waals surface area (Å²) in [5, 5.41) is 22.7. The van der Waals surface area contributed by atoms with Crippen LogP contribution in [0.15, 0.2) is 11.2 Å². The van der Waals surface area contributed by atoms with Gasteiger partial charge in [0.2, 0.25) is 0 Å². The van der Waals surface area contributed by atoms with Crippen LogP contribution in [-0.2, 0) is 10.0 Å². The maximum absolute atomic E-state index is 12.7. The summed E-state index contributed by atoms with van der Waals surface area (Å²) in [6, 6.07) is 1.14. The fraction of sp³-hybridized carbons (Fsp3) is 0.143. The van der Waals surface area contributed by atoms with E-state index in [-0.39, 0.29) is 0 Å². The molecule has 1 aromatic heterocycles. The third-order valence-corrected chi connectivity index (χ3v) is 2.71. The Balaban J connectivity index is 3.82. The predicted octanol–water partition coefficient (Wildman–Crippen LogP) is 0.446. The Labute approximate surface area is 98.9 Å². The molecule has 1 heterocycles. The maximum Gasteiger partial charge on any atom is 0.297 e. The van der Waals surface area contributed by atoms with Crippen LogP contribution < -0.4 is 5.14 Å². The van der Waals surface area contributed by atoms with E-state index in [0.29, 0.717) is 6.20 Å². The molecular weight excluding hydrogens is 274 g/mol. The SMILES string of the molecule is N#Cc1c(S(N)(=O)=O)ncc([N+](=O)[O-])c1C(F)F. The Morgan fingerprint density at radius 3 is 2.44 bits per heavy atom. The summed E-state index contributed by atoms with van der Waals surface area (Å²) in [5.74, 6) is 0. The van der Waals surface area contributed by atoms with E-state index in [1.165, 1.54) is 0 Å². The number of nitro groups is 1. The molecule has 0 unspecified atom stereocenters. The lowest BCUT2D eigenvalue weighted by molar-refractivity contribution is -0.386. The molecule has 11 heteroatoms. The molecule has 0 spiro atoms. The van der Waals surface area contributed by atoms with Crippen molar-refractivity contribution in [3.05, 3.63) is 27.4 Å². The van der Waals surface area contributed by atoms with Gasteiger partial charge in [-0.15, -0.1) is 0 Å². The fourth-order valence-corrected chi connectivity index (χ4v) is 1.83. The summed E-state index contributed by atoms with van der Waals surface area (Å²) in [6.45, 7) is 0. The van der Waals surface area contributed by atoms with Gasteiger partial charge in [-0.1, -0.05) is 0 Å². The third-order valence-electron chi connectivity index (χ3n) is 1.86. The summed E-state index contributed by atoms with van der Waals surface area (Å²) < 4.78 is 47.4. The topological polar surface area (TPSA) is 140 Å². The molecule has 0 aromatic carbocycles. The summed E-state index contributed by atoms with van der Waals surface area (Å²) >= 11 is 0. The molecule has 8 nitrogen and oxygen atoms in total.